The standard InChI is InChI=1S/C16H14ClNO2/c17-15-11-6-7-18-9-13(10-4-2-1-3-5-10)12(11)8-14(19)16(15)20/h1-5,8,13,18H,6-7,9H2. The zero-order valence-corrected chi connectivity index (χ0v) is 11.6. The van der Waals surface area contributed by atoms with Crippen LogP contribution in [0.4, 0.5) is 0 Å². The van der Waals surface area contributed by atoms with Crippen molar-refractivity contribution in [1.29, 1.82) is 0 Å². The SMILES string of the molecule is O=C1C=C2C(=C(Cl)C1=O)CCNCC2c1ccccc1. The summed E-state index contributed by atoms with van der Waals surface area (Å²) in [6.45, 7) is 1.50. The molecule has 3 nitrogen and oxygen atoms in total. The van der Waals surface area contributed by atoms with Crippen LogP contribution in [0.5, 0.6) is 0 Å². The molecule has 1 atom stereocenters. The second-order valence-electron chi connectivity index (χ2n) is 5.00. The maximum Gasteiger partial charge on any atom is 0.244 e. The van der Waals surface area contributed by atoms with Gasteiger partial charge in [0.15, 0.2) is 0 Å². The fourth-order valence-corrected chi connectivity index (χ4v) is 3.08. The Morgan fingerprint density at radius 3 is 2.65 bits per heavy atom. The van der Waals surface area contributed by atoms with E-state index in [9.17, 15) is 9.59 Å². The first-order valence-corrected chi connectivity index (χ1v) is 7.01. The highest BCUT2D eigenvalue weighted by atomic mass is 35.5. The molecule has 0 spiro atoms. The molecule has 1 unspecified atom stereocenters. The molecule has 1 aliphatic heterocycles. The second-order valence-corrected chi connectivity index (χ2v) is 5.38. The fraction of sp³-hybridized carbons (Fsp3) is 0.250. The first-order chi connectivity index (χ1) is 9.68. The monoisotopic (exact) mass is 287 g/mol. The average molecular weight is 288 g/mol. The Balaban J connectivity index is 2.10. The number of carbonyl (C=O) groups is 2. The third-order valence-corrected chi connectivity index (χ3v) is 4.20. The third-order valence-electron chi connectivity index (χ3n) is 3.80. The lowest BCUT2D eigenvalue weighted by atomic mass is 9.82. The van der Waals surface area contributed by atoms with Crippen LogP contribution in [-0.4, -0.2) is 24.7 Å². The molecule has 2 aliphatic rings. The first kappa shape index (κ1) is 13.3. The Morgan fingerprint density at radius 1 is 1.15 bits per heavy atom. The van der Waals surface area contributed by atoms with Gasteiger partial charge in [0, 0.05) is 12.5 Å². The highest BCUT2D eigenvalue weighted by Crippen LogP contribution is 2.37. The van der Waals surface area contributed by atoms with Crippen molar-refractivity contribution in [3.8, 4) is 0 Å². The zero-order valence-electron chi connectivity index (χ0n) is 10.9. The molecule has 1 aromatic rings. The Labute approximate surface area is 122 Å². The molecule has 1 heterocycles. The van der Waals surface area contributed by atoms with Crippen LogP contribution in [0.3, 0.4) is 0 Å². The second kappa shape index (κ2) is 5.35. The van der Waals surface area contributed by atoms with Crippen LogP contribution >= 0.6 is 11.6 Å². The van der Waals surface area contributed by atoms with E-state index in [-0.39, 0.29) is 11.0 Å². The predicted molar refractivity (Wildman–Crippen MR) is 77.6 cm³/mol. The number of rotatable bonds is 1. The van der Waals surface area contributed by atoms with Gasteiger partial charge in [-0.2, -0.15) is 0 Å². The molecule has 102 valence electrons. The lowest BCUT2D eigenvalue weighted by Crippen LogP contribution is -2.23. The number of nitrogens with one attached hydrogen (secondary N) is 1. The van der Waals surface area contributed by atoms with Crippen LogP contribution < -0.4 is 5.32 Å². The Kier molecular flexibility index (Phi) is 3.55. The minimum absolute atomic E-state index is 0.0551. The molecule has 0 amide bonds. The van der Waals surface area contributed by atoms with Gasteiger partial charge in [-0.1, -0.05) is 41.9 Å². The van der Waals surface area contributed by atoms with E-state index in [1.165, 1.54) is 6.08 Å². The number of carbonyl (C=O) groups excluding carboxylic acids is 2. The predicted octanol–water partition coefficient (Wildman–Crippen LogP) is 2.33. The molecule has 1 aliphatic carbocycles. The lowest BCUT2D eigenvalue weighted by molar-refractivity contribution is -0.131. The number of allylic oxidation sites excluding steroid dienone is 2. The minimum atomic E-state index is -0.584. The van der Waals surface area contributed by atoms with E-state index in [4.69, 9.17) is 11.6 Å². The highest BCUT2D eigenvalue weighted by Gasteiger charge is 2.32. The van der Waals surface area contributed by atoms with Crippen LogP contribution in [0.25, 0.3) is 0 Å². The molecule has 1 saturated heterocycles. The van der Waals surface area contributed by atoms with Gasteiger partial charge in [-0.3, -0.25) is 9.59 Å². The molecule has 3 rings (SSSR count). The Hall–Kier alpha value is -1.71. The Morgan fingerprint density at radius 2 is 1.90 bits per heavy atom. The molecule has 1 N–H and O–H groups in total. The number of hydrogen-bond donors (Lipinski definition) is 1. The van der Waals surface area contributed by atoms with Gasteiger partial charge in [0.05, 0.1) is 5.03 Å². The average Bonchev–Trinajstić information content (AvgIpc) is 2.68. The van der Waals surface area contributed by atoms with E-state index in [2.05, 4.69) is 5.32 Å². The summed E-state index contributed by atoms with van der Waals surface area (Å²) in [6, 6.07) is 9.97. The van der Waals surface area contributed by atoms with Gasteiger partial charge in [-0.05, 0) is 35.8 Å². The van der Waals surface area contributed by atoms with Crippen LogP contribution in [-0.2, 0) is 9.59 Å². The summed E-state index contributed by atoms with van der Waals surface area (Å²) in [5.41, 5.74) is 2.82. The quantitative estimate of drug-likeness (QED) is 0.637. The Bertz CT molecular complexity index is 631. The van der Waals surface area contributed by atoms with Gasteiger partial charge in [0.2, 0.25) is 11.6 Å². The molecule has 0 radical (unpaired) electrons. The zero-order chi connectivity index (χ0) is 14.1. The van der Waals surface area contributed by atoms with Crippen LogP contribution in [0, 0.1) is 0 Å². The van der Waals surface area contributed by atoms with Crippen molar-refractivity contribution in [2.45, 2.75) is 12.3 Å². The maximum absolute atomic E-state index is 11.8. The lowest BCUT2D eigenvalue weighted by Gasteiger charge is -2.22. The number of hydrogen-bond acceptors (Lipinski definition) is 3. The van der Waals surface area contributed by atoms with Crippen molar-refractivity contribution in [3.63, 3.8) is 0 Å². The van der Waals surface area contributed by atoms with Crippen molar-refractivity contribution in [1.82, 2.24) is 5.32 Å². The third kappa shape index (κ3) is 2.23. The summed E-state index contributed by atoms with van der Waals surface area (Å²) < 4.78 is 0. The van der Waals surface area contributed by atoms with E-state index >= 15 is 0 Å². The van der Waals surface area contributed by atoms with Crippen molar-refractivity contribution >= 4 is 23.2 Å². The molecular weight excluding hydrogens is 274 g/mol. The molecule has 0 saturated carbocycles. The number of fused-ring (bicyclic) bond motifs is 1. The first-order valence-electron chi connectivity index (χ1n) is 6.63. The summed E-state index contributed by atoms with van der Waals surface area (Å²) in [7, 11) is 0. The van der Waals surface area contributed by atoms with Gasteiger partial charge < -0.3 is 5.32 Å². The number of benzene rings is 1. The molecule has 20 heavy (non-hydrogen) atoms. The van der Waals surface area contributed by atoms with Crippen LogP contribution in [0.15, 0.2) is 52.6 Å². The van der Waals surface area contributed by atoms with E-state index < -0.39 is 11.6 Å². The summed E-state index contributed by atoms with van der Waals surface area (Å²) in [5, 5.41) is 3.44. The molecule has 0 aromatic heterocycles. The summed E-state index contributed by atoms with van der Waals surface area (Å²) >= 11 is 6.10. The topological polar surface area (TPSA) is 46.2 Å². The highest BCUT2D eigenvalue weighted by molar-refractivity contribution is 6.61. The summed E-state index contributed by atoms with van der Waals surface area (Å²) in [4.78, 5) is 23.5. The van der Waals surface area contributed by atoms with Crippen molar-refractivity contribution in [3.05, 3.63) is 58.1 Å². The van der Waals surface area contributed by atoms with E-state index in [0.717, 1.165) is 29.8 Å². The largest absolute Gasteiger partial charge is 0.315 e. The summed E-state index contributed by atoms with van der Waals surface area (Å²) in [5.74, 6) is -1.05. The van der Waals surface area contributed by atoms with Gasteiger partial charge >= 0.3 is 0 Å². The molecule has 1 fully saturated rings. The van der Waals surface area contributed by atoms with E-state index in [1.807, 2.05) is 30.3 Å². The van der Waals surface area contributed by atoms with E-state index in [0.29, 0.717) is 6.42 Å². The van der Waals surface area contributed by atoms with Gasteiger partial charge in [-0.25, -0.2) is 0 Å². The van der Waals surface area contributed by atoms with Crippen LogP contribution in [0.1, 0.15) is 17.9 Å². The van der Waals surface area contributed by atoms with Crippen molar-refractivity contribution in [2.24, 2.45) is 0 Å². The molecule has 1 aromatic carbocycles. The molecule has 0 bridgehead atoms. The van der Waals surface area contributed by atoms with Crippen molar-refractivity contribution in [2.75, 3.05) is 13.1 Å². The van der Waals surface area contributed by atoms with Crippen LogP contribution in [0.2, 0.25) is 0 Å². The molecular formula is C16H14ClNO2. The number of halogens is 1. The van der Waals surface area contributed by atoms with Gasteiger partial charge in [-0.15, -0.1) is 0 Å². The van der Waals surface area contributed by atoms with E-state index in [1.54, 1.807) is 0 Å². The summed E-state index contributed by atoms with van der Waals surface area (Å²) in [6.07, 6.45) is 2.14. The minimum Gasteiger partial charge on any atom is -0.315 e. The smallest absolute Gasteiger partial charge is 0.244 e. The normalized spacial score (nSPS) is 23.2. The van der Waals surface area contributed by atoms with Gasteiger partial charge in [0.25, 0.3) is 0 Å². The maximum atomic E-state index is 11.8. The number of ketones is 2. The van der Waals surface area contributed by atoms with Crippen molar-refractivity contribution < 1.29 is 9.59 Å². The van der Waals surface area contributed by atoms with Gasteiger partial charge in [0.1, 0.15) is 0 Å². The molecule has 4 heteroatoms. The number of Topliss-reactive ketones (excluding diaryl/α,β-unsaturated/α-hetero) is 1. The fourth-order valence-electron chi connectivity index (χ4n) is 2.78.